The zero-order valence-electron chi connectivity index (χ0n) is 18.1. The van der Waals surface area contributed by atoms with Crippen LogP contribution in [0.15, 0.2) is 29.2 Å². The lowest BCUT2D eigenvalue weighted by Gasteiger charge is -2.34. The van der Waals surface area contributed by atoms with Gasteiger partial charge in [0.05, 0.1) is 26.0 Å². The Bertz CT molecular complexity index is 1020. The molecule has 2 aromatic rings. The maximum atomic E-state index is 12.4. The molecule has 0 aliphatic carbocycles. The highest BCUT2D eigenvalue weighted by Gasteiger charge is 2.29. The summed E-state index contributed by atoms with van der Waals surface area (Å²) in [7, 11) is 1.55. The third kappa shape index (κ3) is 4.07. The molecule has 0 saturated carbocycles. The predicted octanol–water partition coefficient (Wildman–Crippen LogP) is 3.37. The summed E-state index contributed by atoms with van der Waals surface area (Å²) in [6.45, 7) is 8.29. The summed E-state index contributed by atoms with van der Waals surface area (Å²) in [6, 6.07) is 5.15. The minimum atomic E-state index is -1.23. The van der Waals surface area contributed by atoms with Crippen LogP contribution < -0.4 is 14.9 Å². The highest BCUT2D eigenvalue weighted by Crippen LogP contribution is 2.43. The summed E-state index contributed by atoms with van der Waals surface area (Å²) in [5, 5.41) is 18.9. The number of rotatable bonds is 7. The predicted molar refractivity (Wildman–Crippen MR) is 114 cm³/mol. The van der Waals surface area contributed by atoms with Gasteiger partial charge in [-0.15, -0.1) is 0 Å². The molecule has 0 bridgehead atoms. The van der Waals surface area contributed by atoms with E-state index >= 15 is 0 Å². The lowest BCUT2D eigenvalue weighted by Crippen LogP contribution is -2.28. The first-order chi connectivity index (χ1) is 14.1. The molecule has 0 amide bonds. The Balaban J connectivity index is 2.15. The number of hydrogen-bond acceptors (Lipinski definition) is 5. The van der Waals surface area contributed by atoms with Crippen molar-refractivity contribution < 1.29 is 24.5 Å². The Morgan fingerprint density at radius 3 is 2.53 bits per heavy atom. The van der Waals surface area contributed by atoms with Crippen LogP contribution in [0.5, 0.6) is 11.5 Å². The van der Waals surface area contributed by atoms with Crippen LogP contribution in [0.3, 0.4) is 0 Å². The minimum absolute atomic E-state index is 0.00123. The lowest BCUT2D eigenvalue weighted by atomic mass is 9.87. The van der Waals surface area contributed by atoms with E-state index in [0.717, 1.165) is 11.1 Å². The van der Waals surface area contributed by atoms with Crippen LogP contribution in [-0.4, -0.2) is 41.1 Å². The molecule has 0 saturated heterocycles. The van der Waals surface area contributed by atoms with E-state index in [1.54, 1.807) is 7.11 Å². The molecule has 0 spiro atoms. The van der Waals surface area contributed by atoms with E-state index in [0.29, 0.717) is 30.2 Å². The second-order valence-electron chi connectivity index (χ2n) is 8.94. The Morgan fingerprint density at radius 1 is 1.27 bits per heavy atom. The number of pyridine rings is 1. The molecule has 7 heteroatoms. The van der Waals surface area contributed by atoms with Gasteiger partial charge < -0.3 is 24.3 Å². The van der Waals surface area contributed by atoms with Gasteiger partial charge >= 0.3 is 5.97 Å². The van der Waals surface area contributed by atoms with Crippen LogP contribution in [0.4, 0.5) is 0 Å². The van der Waals surface area contributed by atoms with Crippen LogP contribution in [0, 0.1) is 11.3 Å². The molecular weight excluding hydrogens is 386 g/mol. The van der Waals surface area contributed by atoms with Crippen LogP contribution in [-0.2, 0) is 6.42 Å². The van der Waals surface area contributed by atoms with Crippen LogP contribution in [0.25, 0.3) is 11.3 Å². The Morgan fingerprint density at radius 2 is 1.97 bits per heavy atom. The van der Waals surface area contributed by atoms with Gasteiger partial charge in [0.2, 0.25) is 0 Å². The molecule has 2 N–H and O–H groups in total. The number of hydrogen-bond donors (Lipinski definition) is 2. The van der Waals surface area contributed by atoms with Gasteiger partial charge in [-0.25, -0.2) is 4.79 Å². The fourth-order valence-corrected chi connectivity index (χ4v) is 3.68. The molecule has 1 aromatic heterocycles. The molecule has 30 heavy (non-hydrogen) atoms. The largest absolute Gasteiger partial charge is 0.493 e. The third-order valence-corrected chi connectivity index (χ3v) is 5.58. The molecule has 162 valence electrons. The molecule has 1 aliphatic rings. The van der Waals surface area contributed by atoms with Gasteiger partial charge in [0.25, 0.3) is 0 Å². The Kier molecular flexibility index (Phi) is 5.94. The van der Waals surface area contributed by atoms with Crippen molar-refractivity contribution in [2.45, 2.75) is 40.2 Å². The zero-order valence-corrected chi connectivity index (χ0v) is 18.1. The van der Waals surface area contributed by atoms with Crippen molar-refractivity contribution in [3.05, 3.63) is 45.7 Å². The maximum absolute atomic E-state index is 12.4. The van der Waals surface area contributed by atoms with Gasteiger partial charge in [0.1, 0.15) is 5.56 Å². The number of fused-ring (bicyclic) bond motifs is 3. The van der Waals surface area contributed by atoms with E-state index in [4.69, 9.17) is 9.47 Å². The first-order valence-corrected chi connectivity index (χ1v) is 10.0. The molecule has 3 rings (SSSR count). The molecule has 0 fully saturated rings. The van der Waals surface area contributed by atoms with Crippen molar-refractivity contribution in [2.24, 2.45) is 11.3 Å². The first-order valence-electron chi connectivity index (χ1n) is 10.0. The smallest absolute Gasteiger partial charge is 0.341 e. The van der Waals surface area contributed by atoms with Crippen molar-refractivity contribution in [1.29, 1.82) is 0 Å². The average Bonchev–Trinajstić information content (AvgIpc) is 2.70. The van der Waals surface area contributed by atoms with E-state index in [-0.39, 0.29) is 24.1 Å². The van der Waals surface area contributed by atoms with E-state index in [2.05, 4.69) is 13.8 Å². The molecule has 2 heterocycles. The number of nitrogens with zero attached hydrogens (tertiary/aromatic N) is 1. The lowest BCUT2D eigenvalue weighted by molar-refractivity contribution is 0.0694. The monoisotopic (exact) mass is 415 g/mol. The van der Waals surface area contributed by atoms with Crippen molar-refractivity contribution in [3.8, 4) is 22.8 Å². The van der Waals surface area contributed by atoms with Gasteiger partial charge in [-0.3, -0.25) is 4.79 Å². The highest BCUT2D eigenvalue weighted by atomic mass is 16.5. The van der Waals surface area contributed by atoms with Crippen molar-refractivity contribution in [3.63, 3.8) is 0 Å². The average molecular weight is 415 g/mol. The number of carboxylic acid groups (broad SMARTS) is 1. The fraction of sp³-hybridized carbons (Fsp3) is 0.478. The SMILES string of the molecule is COc1cc2c(cc1OCC(C)(C)CO)CC(C(C)C)n1cc(C(=O)O)c(=O)cc1-2. The van der Waals surface area contributed by atoms with Gasteiger partial charge in [-0.05, 0) is 30.0 Å². The normalized spacial score (nSPS) is 15.5. The Labute approximate surface area is 175 Å². The standard InChI is InChI=1S/C23H29NO6/c1-13(2)17-6-14-7-21(30-12-23(3,4)11-25)20(29-5)8-15(14)18-9-19(26)16(22(27)28)10-24(17)18/h7-10,13,17,25H,6,11-12H2,1-5H3,(H,27,28). The van der Waals surface area contributed by atoms with Crippen molar-refractivity contribution in [2.75, 3.05) is 20.3 Å². The van der Waals surface area contributed by atoms with E-state index in [9.17, 15) is 19.8 Å². The van der Waals surface area contributed by atoms with Gasteiger partial charge in [-0.1, -0.05) is 27.7 Å². The quantitative estimate of drug-likeness (QED) is 0.720. The van der Waals surface area contributed by atoms with Gasteiger partial charge in [-0.2, -0.15) is 0 Å². The number of aromatic carboxylic acids is 1. The molecule has 7 nitrogen and oxygen atoms in total. The van der Waals surface area contributed by atoms with Gasteiger partial charge in [0, 0.05) is 29.3 Å². The van der Waals surface area contributed by atoms with Crippen molar-refractivity contribution >= 4 is 5.97 Å². The minimum Gasteiger partial charge on any atom is -0.493 e. The summed E-state index contributed by atoms with van der Waals surface area (Å²) >= 11 is 0. The first kappa shape index (κ1) is 21.9. The molecule has 1 unspecified atom stereocenters. The van der Waals surface area contributed by atoms with Crippen LogP contribution in [0.2, 0.25) is 0 Å². The Hall–Kier alpha value is -2.80. The van der Waals surface area contributed by atoms with Gasteiger partial charge in [0.15, 0.2) is 16.9 Å². The van der Waals surface area contributed by atoms with E-state index in [1.807, 2.05) is 30.5 Å². The molecule has 1 aliphatic heterocycles. The summed E-state index contributed by atoms with van der Waals surface area (Å²) in [4.78, 5) is 23.9. The fourth-order valence-electron chi connectivity index (χ4n) is 3.68. The number of carboxylic acids is 1. The summed E-state index contributed by atoms with van der Waals surface area (Å²) in [5.41, 5.74) is 1.36. The number of ether oxygens (including phenoxy) is 2. The molecule has 1 atom stereocenters. The van der Waals surface area contributed by atoms with E-state index < -0.39 is 16.8 Å². The number of methoxy groups -OCH3 is 1. The number of benzene rings is 1. The maximum Gasteiger partial charge on any atom is 0.341 e. The van der Waals surface area contributed by atoms with Crippen molar-refractivity contribution in [1.82, 2.24) is 4.57 Å². The van der Waals surface area contributed by atoms with Crippen LogP contribution in [0.1, 0.15) is 49.7 Å². The molecular formula is C23H29NO6. The number of aliphatic hydroxyl groups excluding tert-OH is 1. The summed E-state index contributed by atoms with van der Waals surface area (Å²) < 4.78 is 13.4. The second-order valence-corrected chi connectivity index (χ2v) is 8.94. The second kappa shape index (κ2) is 8.14. The zero-order chi connectivity index (χ0) is 22.2. The van der Waals surface area contributed by atoms with E-state index in [1.165, 1.54) is 12.3 Å². The summed E-state index contributed by atoms with van der Waals surface area (Å²) in [6.07, 6.45) is 2.12. The summed E-state index contributed by atoms with van der Waals surface area (Å²) in [5.74, 6) is 0.0994. The third-order valence-electron chi connectivity index (χ3n) is 5.58. The highest BCUT2D eigenvalue weighted by molar-refractivity contribution is 5.87. The topological polar surface area (TPSA) is 98.0 Å². The number of aromatic nitrogens is 1. The van der Waals surface area contributed by atoms with Crippen LogP contribution >= 0.6 is 0 Å². The number of aliphatic hydroxyl groups is 1. The molecule has 1 aromatic carbocycles. The number of carbonyl (C=O) groups is 1. The molecule has 0 radical (unpaired) electrons.